The maximum Gasteiger partial charge on any atom is 0.288 e. The first-order valence-electron chi connectivity index (χ1n) is 6.21. The largest absolute Gasteiger partial charge is 0.288 e. The second-order valence-electron chi connectivity index (χ2n) is 4.33. The normalized spacial score (nSPS) is 18.6. The van der Waals surface area contributed by atoms with Crippen LogP contribution in [0.25, 0.3) is 6.08 Å². The minimum atomic E-state index is -0.566. The van der Waals surface area contributed by atoms with E-state index in [9.17, 15) is 9.59 Å². The number of allylic oxidation sites excluding steroid dienone is 1. The minimum Gasteiger partial charge on any atom is -0.272 e. The number of nitrogens with zero attached hydrogens (tertiary/aromatic N) is 2. The van der Waals surface area contributed by atoms with Crippen molar-refractivity contribution in [3.63, 3.8) is 0 Å². The molecule has 1 aromatic carbocycles. The van der Waals surface area contributed by atoms with E-state index in [-0.39, 0.29) is 11.6 Å². The number of hydrogen-bond acceptors (Lipinski definition) is 4. The highest BCUT2D eigenvalue weighted by atomic mass is 79.9. The van der Waals surface area contributed by atoms with E-state index in [1.54, 1.807) is 6.92 Å². The molecule has 0 fully saturated rings. The van der Waals surface area contributed by atoms with Crippen LogP contribution in [0, 0.1) is 5.92 Å². The van der Waals surface area contributed by atoms with Crippen LogP contribution >= 0.6 is 15.9 Å². The van der Waals surface area contributed by atoms with Crippen LogP contribution in [-0.2, 0) is 9.59 Å². The maximum atomic E-state index is 11.8. The summed E-state index contributed by atoms with van der Waals surface area (Å²) < 4.78 is 0.699. The number of halogens is 1. The molecule has 1 aromatic rings. The van der Waals surface area contributed by atoms with E-state index >= 15 is 0 Å². The van der Waals surface area contributed by atoms with Crippen LogP contribution < -0.4 is 10.9 Å². The molecule has 21 heavy (non-hydrogen) atoms. The average Bonchev–Trinajstić information content (AvgIpc) is 2.80. The summed E-state index contributed by atoms with van der Waals surface area (Å²) in [6, 6.07) is 9.67. The van der Waals surface area contributed by atoms with E-state index in [1.165, 1.54) is 6.21 Å². The molecule has 0 saturated carbocycles. The molecule has 1 aliphatic rings. The van der Waals surface area contributed by atoms with E-state index in [0.717, 1.165) is 5.56 Å². The number of rotatable bonds is 4. The zero-order valence-corrected chi connectivity index (χ0v) is 12.8. The molecule has 2 amide bonds. The van der Waals surface area contributed by atoms with Gasteiger partial charge in [0.15, 0.2) is 0 Å². The molecule has 2 N–H and O–H groups in total. The molecule has 1 atom stereocenters. The summed E-state index contributed by atoms with van der Waals surface area (Å²) in [4.78, 5) is 23.0. The van der Waals surface area contributed by atoms with Gasteiger partial charge >= 0.3 is 0 Å². The van der Waals surface area contributed by atoms with Gasteiger partial charge in [-0.3, -0.25) is 9.59 Å². The first kappa shape index (κ1) is 15.1. The van der Waals surface area contributed by atoms with Gasteiger partial charge in [-0.2, -0.15) is 10.2 Å². The molecule has 0 spiro atoms. The maximum absolute atomic E-state index is 11.8. The van der Waals surface area contributed by atoms with E-state index in [4.69, 9.17) is 0 Å². The monoisotopic (exact) mass is 348 g/mol. The third kappa shape index (κ3) is 4.09. The lowest BCUT2D eigenvalue weighted by Crippen LogP contribution is -2.32. The zero-order chi connectivity index (χ0) is 15.2. The number of carbonyl (C=O) groups is 2. The first-order chi connectivity index (χ1) is 10.1. The molecule has 0 saturated heterocycles. The second-order valence-corrected chi connectivity index (χ2v) is 5.25. The fourth-order valence-electron chi connectivity index (χ4n) is 1.64. The number of benzene rings is 1. The van der Waals surface area contributed by atoms with Crippen molar-refractivity contribution in [1.82, 2.24) is 10.9 Å². The SMILES string of the molecule is CC1C(=O)NN=C1C(=O)NN=C/C(Br)=C/c1ccccc1. The van der Waals surface area contributed by atoms with Crippen molar-refractivity contribution in [2.75, 3.05) is 0 Å². The fraction of sp³-hybridized carbons (Fsp3) is 0.143. The molecule has 0 radical (unpaired) electrons. The van der Waals surface area contributed by atoms with Gasteiger partial charge in [0.25, 0.3) is 5.91 Å². The quantitative estimate of drug-likeness (QED) is 0.640. The van der Waals surface area contributed by atoms with Crippen LogP contribution in [0.2, 0.25) is 0 Å². The summed E-state index contributed by atoms with van der Waals surface area (Å²) in [6.45, 7) is 1.61. The highest BCUT2D eigenvalue weighted by Gasteiger charge is 2.30. The standard InChI is InChI=1S/C14H13BrN4O2/c1-9-12(17-19-13(9)20)14(21)18-16-8-11(15)7-10-5-3-2-4-6-10/h2-9H,1H3,(H,18,21)(H,19,20)/b11-7-,16-8?. The third-order valence-electron chi connectivity index (χ3n) is 2.78. The van der Waals surface area contributed by atoms with Crippen molar-refractivity contribution >= 4 is 45.7 Å². The lowest BCUT2D eigenvalue weighted by molar-refractivity contribution is -0.122. The Kier molecular flexibility index (Phi) is 4.99. The van der Waals surface area contributed by atoms with Gasteiger partial charge in [-0.15, -0.1) is 0 Å². The predicted molar refractivity (Wildman–Crippen MR) is 84.7 cm³/mol. The Morgan fingerprint density at radius 2 is 2.14 bits per heavy atom. The van der Waals surface area contributed by atoms with Crippen molar-refractivity contribution in [2.45, 2.75) is 6.92 Å². The van der Waals surface area contributed by atoms with Gasteiger partial charge in [-0.25, -0.2) is 10.9 Å². The Hall–Kier alpha value is -2.28. The summed E-state index contributed by atoms with van der Waals surface area (Å²) in [5, 5.41) is 7.48. The number of hydrogen-bond donors (Lipinski definition) is 2. The molecular formula is C14H13BrN4O2. The summed E-state index contributed by atoms with van der Waals surface area (Å²) in [7, 11) is 0. The average molecular weight is 349 g/mol. The van der Waals surface area contributed by atoms with Gasteiger partial charge in [0, 0.05) is 4.48 Å². The van der Waals surface area contributed by atoms with E-state index in [2.05, 4.69) is 37.0 Å². The molecule has 1 unspecified atom stereocenters. The predicted octanol–water partition coefficient (Wildman–Crippen LogP) is 1.65. The Bertz CT molecular complexity index is 638. The highest BCUT2D eigenvalue weighted by Crippen LogP contribution is 2.10. The summed E-state index contributed by atoms with van der Waals surface area (Å²) in [5.74, 6) is -1.37. The summed E-state index contributed by atoms with van der Waals surface area (Å²) in [5.41, 5.74) is 5.71. The molecule has 2 rings (SSSR count). The molecule has 1 heterocycles. The van der Waals surface area contributed by atoms with E-state index in [1.807, 2.05) is 36.4 Å². The smallest absolute Gasteiger partial charge is 0.272 e. The molecule has 0 bridgehead atoms. The number of nitrogens with one attached hydrogen (secondary N) is 2. The minimum absolute atomic E-state index is 0.125. The van der Waals surface area contributed by atoms with Crippen molar-refractivity contribution in [3.8, 4) is 0 Å². The molecule has 1 aliphatic heterocycles. The first-order valence-corrected chi connectivity index (χ1v) is 7.00. The van der Waals surface area contributed by atoms with Gasteiger partial charge in [0.1, 0.15) is 5.71 Å². The van der Waals surface area contributed by atoms with Gasteiger partial charge in [-0.1, -0.05) is 30.3 Å². The fourth-order valence-corrected chi connectivity index (χ4v) is 2.00. The van der Waals surface area contributed by atoms with Crippen molar-refractivity contribution in [2.24, 2.45) is 16.1 Å². The van der Waals surface area contributed by atoms with E-state index in [0.29, 0.717) is 4.48 Å². The Balaban J connectivity index is 1.92. The topological polar surface area (TPSA) is 82.9 Å². The van der Waals surface area contributed by atoms with Crippen LogP contribution in [-0.4, -0.2) is 23.7 Å². The lowest BCUT2D eigenvalue weighted by Gasteiger charge is -2.01. The van der Waals surface area contributed by atoms with Gasteiger partial charge in [0.2, 0.25) is 5.91 Å². The van der Waals surface area contributed by atoms with Gasteiger partial charge in [-0.05, 0) is 34.5 Å². The molecular weight excluding hydrogens is 336 g/mol. The molecule has 7 heteroatoms. The molecule has 6 nitrogen and oxygen atoms in total. The van der Waals surface area contributed by atoms with Gasteiger partial charge < -0.3 is 0 Å². The van der Waals surface area contributed by atoms with Crippen LogP contribution in [0.4, 0.5) is 0 Å². The lowest BCUT2D eigenvalue weighted by atomic mass is 10.1. The Morgan fingerprint density at radius 3 is 2.76 bits per heavy atom. The molecule has 108 valence electrons. The van der Waals surface area contributed by atoms with Crippen molar-refractivity contribution in [1.29, 1.82) is 0 Å². The third-order valence-corrected chi connectivity index (χ3v) is 3.21. The number of carbonyl (C=O) groups excluding carboxylic acids is 2. The summed E-state index contributed by atoms with van der Waals surface area (Å²) in [6.07, 6.45) is 3.32. The zero-order valence-electron chi connectivity index (χ0n) is 11.2. The Labute approximate surface area is 130 Å². The van der Waals surface area contributed by atoms with Crippen LogP contribution in [0.3, 0.4) is 0 Å². The Morgan fingerprint density at radius 1 is 1.43 bits per heavy atom. The molecule has 0 aromatic heterocycles. The highest BCUT2D eigenvalue weighted by molar-refractivity contribution is 9.12. The van der Waals surface area contributed by atoms with Crippen LogP contribution in [0.15, 0.2) is 45.0 Å². The van der Waals surface area contributed by atoms with Crippen LogP contribution in [0.1, 0.15) is 12.5 Å². The number of amides is 2. The van der Waals surface area contributed by atoms with E-state index < -0.39 is 11.8 Å². The second kappa shape index (κ2) is 6.94. The van der Waals surface area contributed by atoms with Gasteiger partial charge in [0.05, 0.1) is 12.1 Å². The molecule has 0 aliphatic carbocycles. The van der Waals surface area contributed by atoms with Crippen molar-refractivity contribution in [3.05, 3.63) is 40.4 Å². The number of hydrazone groups is 2. The van der Waals surface area contributed by atoms with Crippen LogP contribution in [0.5, 0.6) is 0 Å². The summed E-state index contributed by atoms with van der Waals surface area (Å²) >= 11 is 3.33. The van der Waals surface area contributed by atoms with Crippen molar-refractivity contribution < 1.29 is 9.59 Å².